The molecule has 5 nitrogen and oxygen atoms in total. The Morgan fingerprint density at radius 1 is 1.47 bits per heavy atom. The summed E-state index contributed by atoms with van der Waals surface area (Å²) in [6.07, 6.45) is 0.937. The van der Waals surface area contributed by atoms with Gasteiger partial charge in [0.2, 0.25) is 0 Å². The molecule has 1 aliphatic heterocycles. The molecule has 2 heterocycles. The van der Waals surface area contributed by atoms with Crippen LogP contribution in [-0.2, 0) is 4.79 Å². The van der Waals surface area contributed by atoms with E-state index in [0.29, 0.717) is 5.76 Å². The van der Waals surface area contributed by atoms with Crippen molar-refractivity contribution in [2.45, 2.75) is 19.8 Å². The second-order valence-corrected chi connectivity index (χ2v) is 4.73. The summed E-state index contributed by atoms with van der Waals surface area (Å²) in [5, 5.41) is 7.34. The van der Waals surface area contributed by atoms with Gasteiger partial charge in [-0.15, -0.1) is 0 Å². The summed E-state index contributed by atoms with van der Waals surface area (Å²) >= 11 is 0. The number of rotatable bonds is 4. The molecule has 0 radical (unpaired) electrons. The van der Waals surface area contributed by atoms with E-state index in [1.54, 1.807) is 0 Å². The van der Waals surface area contributed by atoms with Crippen LogP contribution in [0.3, 0.4) is 0 Å². The number of piperazine rings is 1. The lowest BCUT2D eigenvalue weighted by Gasteiger charge is -2.26. The Morgan fingerprint density at radius 3 is 2.76 bits per heavy atom. The molecule has 17 heavy (non-hydrogen) atoms. The van der Waals surface area contributed by atoms with Crippen LogP contribution < -0.4 is 10.2 Å². The van der Waals surface area contributed by atoms with Gasteiger partial charge in [-0.2, -0.15) is 0 Å². The summed E-state index contributed by atoms with van der Waals surface area (Å²) < 4.78 is 5.29. The Labute approximate surface area is 101 Å². The number of carbonyl (C=O) groups is 1. The molecular weight excluding hydrogens is 218 g/mol. The first-order valence-electron chi connectivity index (χ1n) is 6.10. The van der Waals surface area contributed by atoms with Crippen molar-refractivity contribution in [2.24, 2.45) is 5.92 Å². The highest BCUT2D eigenvalue weighted by Gasteiger charge is 2.22. The van der Waals surface area contributed by atoms with Gasteiger partial charge in [0.15, 0.2) is 5.82 Å². The van der Waals surface area contributed by atoms with Crippen LogP contribution in [0.2, 0.25) is 0 Å². The Hall–Kier alpha value is -1.36. The minimum Gasteiger partial charge on any atom is -0.358 e. The quantitative estimate of drug-likeness (QED) is 0.792. The van der Waals surface area contributed by atoms with Crippen LogP contribution in [0, 0.1) is 5.92 Å². The number of nitrogens with one attached hydrogen (secondary N) is 1. The maximum Gasteiger partial charge on any atom is 0.172 e. The highest BCUT2D eigenvalue weighted by molar-refractivity contribution is 5.61. The van der Waals surface area contributed by atoms with Crippen LogP contribution >= 0.6 is 0 Å². The third kappa shape index (κ3) is 2.66. The number of aldehydes is 1. The second kappa shape index (κ2) is 5.31. The largest absolute Gasteiger partial charge is 0.358 e. The summed E-state index contributed by atoms with van der Waals surface area (Å²) in [7, 11) is 0. The van der Waals surface area contributed by atoms with E-state index in [9.17, 15) is 4.79 Å². The molecule has 0 spiro atoms. The standard InChI is InChI=1S/C12H19N3O2/c1-9(2)10(8-16)11-7-12(14-17-11)15-5-3-13-4-6-15/h7-10,13H,3-6H2,1-2H3. The number of carbonyl (C=O) groups excluding carboxylic acids is 1. The number of aromatic nitrogens is 1. The van der Waals surface area contributed by atoms with Crippen molar-refractivity contribution < 1.29 is 9.32 Å². The number of hydrogen-bond donors (Lipinski definition) is 1. The van der Waals surface area contributed by atoms with Gasteiger partial charge in [0.25, 0.3) is 0 Å². The van der Waals surface area contributed by atoms with Crippen LogP contribution in [0.1, 0.15) is 25.5 Å². The van der Waals surface area contributed by atoms with Gasteiger partial charge in [-0.1, -0.05) is 19.0 Å². The summed E-state index contributed by atoms with van der Waals surface area (Å²) in [6, 6.07) is 1.89. The SMILES string of the molecule is CC(C)C(C=O)c1cc(N2CCNCC2)no1. The molecule has 1 aromatic heterocycles. The molecule has 1 unspecified atom stereocenters. The van der Waals surface area contributed by atoms with Crippen LogP contribution in [0.5, 0.6) is 0 Å². The predicted octanol–water partition coefficient (Wildman–Crippen LogP) is 1.02. The van der Waals surface area contributed by atoms with Gasteiger partial charge in [-0.3, -0.25) is 0 Å². The average Bonchev–Trinajstić information content (AvgIpc) is 2.80. The predicted molar refractivity (Wildman–Crippen MR) is 65.2 cm³/mol. The number of hydrogen-bond acceptors (Lipinski definition) is 5. The van der Waals surface area contributed by atoms with Crippen molar-refractivity contribution in [1.82, 2.24) is 10.5 Å². The van der Waals surface area contributed by atoms with E-state index >= 15 is 0 Å². The van der Waals surface area contributed by atoms with Crippen LogP contribution in [0.15, 0.2) is 10.6 Å². The average molecular weight is 237 g/mol. The van der Waals surface area contributed by atoms with Gasteiger partial charge in [-0.25, -0.2) is 0 Å². The molecule has 5 heteroatoms. The minimum absolute atomic E-state index is 0.195. The van der Waals surface area contributed by atoms with E-state index in [1.165, 1.54) is 0 Å². The van der Waals surface area contributed by atoms with E-state index < -0.39 is 0 Å². The number of anilines is 1. The molecule has 0 aliphatic carbocycles. The molecule has 1 N–H and O–H groups in total. The minimum atomic E-state index is -0.195. The second-order valence-electron chi connectivity index (χ2n) is 4.73. The van der Waals surface area contributed by atoms with Crippen LogP contribution in [0.25, 0.3) is 0 Å². The molecule has 0 aromatic carbocycles. The van der Waals surface area contributed by atoms with Gasteiger partial charge in [0.1, 0.15) is 12.0 Å². The van der Waals surface area contributed by atoms with E-state index in [-0.39, 0.29) is 11.8 Å². The van der Waals surface area contributed by atoms with Gasteiger partial charge in [-0.05, 0) is 5.92 Å². The Balaban J connectivity index is 2.11. The van der Waals surface area contributed by atoms with Crippen molar-refractivity contribution in [1.29, 1.82) is 0 Å². The fourth-order valence-corrected chi connectivity index (χ4v) is 2.03. The first-order chi connectivity index (χ1) is 8.22. The molecule has 2 rings (SSSR count). The normalized spacial score (nSPS) is 18.4. The van der Waals surface area contributed by atoms with Crippen LogP contribution in [-0.4, -0.2) is 37.6 Å². The lowest BCUT2D eigenvalue weighted by Crippen LogP contribution is -2.43. The van der Waals surface area contributed by atoms with E-state index in [1.807, 2.05) is 19.9 Å². The molecule has 94 valence electrons. The molecule has 0 bridgehead atoms. The Bertz CT molecular complexity index is 370. The molecule has 1 aliphatic rings. The lowest BCUT2D eigenvalue weighted by molar-refractivity contribution is -0.110. The van der Waals surface area contributed by atoms with Gasteiger partial charge in [0.05, 0.1) is 5.92 Å². The highest BCUT2D eigenvalue weighted by atomic mass is 16.5. The fourth-order valence-electron chi connectivity index (χ4n) is 2.03. The summed E-state index contributed by atoms with van der Waals surface area (Å²) in [6.45, 7) is 7.80. The van der Waals surface area contributed by atoms with Gasteiger partial charge >= 0.3 is 0 Å². The third-order valence-corrected chi connectivity index (χ3v) is 3.15. The Morgan fingerprint density at radius 2 is 2.18 bits per heavy atom. The van der Waals surface area contributed by atoms with Gasteiger partial charge < -0.3 is 19.5 Å². The maximum absolute atomic E-state index is 11.0. The topological polar surface area (TPSA) is 58.4 Å². The zero-order valence-electron chi connectivity index (χ0n) is 10.3. The lowest BCUT2D eigenvalue weighted by atomic mass is 9.95. The molecular formula is C12H19N3O2. The van der Waals surface area contributed by atoms with Crippen molar-refractivity contribution in [3.8, 4) is 0 Å². The zero-order valence-corrected chi connectivity index (χ0v) is 10.3. The molecule has 1 atom stereocenters. The highest BCUT2D eigenvalue weighted by Crippen LogP contribution is 2.25. The van der Waals surface area contributed by atoms with E-state index in [4.69, 9.17) is 4.52 Å². The van der Waals surface area contributed by atoms with Crippen molar-refractivity contribution in [2.75, 3.05) is 31.1 Å². The van der Waals surface area contributed by atoms with Crippen molar-refractivity contribution in [3.63, 3.8) is 0 Å². The molecule has 1 aromatic rings. The fraction of sp³-hybridized carbons (Fsp3) is 0.667. The maximum atomic E-state index is 11.0. The monoisotopic (exact) mass is 237 g/mol. The first-order valence-corrected chi connectivity index (χ1v) is 6.10. The smallest absolute Gasteiger partial charge is 0.172 e. The molecule has 0 saturated carbocycles. The van der Waals surface area contributed by atoms with Crippen molar-refractivity contribution >= 4 is 12.1 Å². The van der Waals surface area contributed by atoms with Crippen LogP contribution in [0.4, 0.5) is 5.82 Å². The summed E-state index contributed by atoms with van der Waals surface area (Å²) in [5.74, 6) is 1.55. The zero-order chi connectivity index (χ0) is 12.3. The molecule has 1 saturated heterocycles. The van der Waals surface area contributed by atoms with E-state index in [0.717, 1.165) is 38.3 Å². The molecule has 0 amide bonds. The summed E-state index contributed by atoms with van der Waals surface area (Å²) in [4.78, 5) is 13.2. The molecule has 1 fully saturated rings. The van der Waals surface area contributed by atoms with E-state index in [2.05, 4.69) is 15.4 Å². The summed E-state index contributed by atoms with van der Waals surface area (Å²) in [5.41, 5.74) is 0. The van der Waals surface area contributed by atoms with Crippen molar-refractivity contribution in [3.05, 3.63) is 11.8 Å². The first kappa shape index (κ1) is 12.1. The third-order valence-electron chi connectivity index (χ3n) is 3.15. The Kier molecular flexibility index (Phi) is 3.78. The number of nitrogens with zero attached hydrogens (tertiary/aromatic N) is 2. The van der Waals surface area contributed by atoms with Gasteiger partial charge in [0, 0.05) is 32.2 Å².